The Morgan fingerprint density at radius 2 is 1.82 bits per heavy atom. The van der Waals surface area contributed by atoms with E-state index < -0.39 is 18.0 Å². The second kappa shape index (κ2) is 12.9. The standard InChI is InChI=1S/C27H30FN7O5/c1-18(36)30-16-22-17-35(27(39)40-22)21-6-7-24(23(28)14-21)33-10-12-34(13-11-33)26(38)9-8-25(37)20-4-2-19(3-5-20)15-31-32-29/h2-7,14,22H,8-13,15-17H2,1H3,(H,30,36)/t22-/m0/s1. The Morgan fingerprint density at radius 1 is 1.10 bits per heavy atom. The van der Waals surface area contributed by atoms with Crippen LogP contribution in [0.2, 0.25) is 0 Å². The number of hydrogen-bond donors (Lipinski definition) is 1. The third-order valence-corrected chi connectivity index (χ3v) is 6.83. The molecular weight excluding hydrogens is 521 g/mol. The minimum absolute atomic E-state index is 0.0788. The van der Waals surface area contributed by atoms with Crippen molar-refractivity contribution >= 4 is 35.1 Å². The smallest absolute Gasteiger partial charge is 0.414 e. The van der Waals surface area contributed by atoms with Crippen molar-refractivity contribution in [2.24, 2.45) is 5.11 Å². The van der Waals surface area contributed by atoms with Crippen LogP contribution in [-0.2, 0) is 20.9 Å². The minimum atomic E-state index is -0.601. The van der Waals surface area contributed by atoms with Crippen molar-refractivity contribution in [1.82, 2.24) is 10.2 Å². The fourth-order valence-corrected chi connectivity index (χ4v) is 4.65. The lowest BCUT2D eigenvalue weighted by molar-refractivity contribution is -0.131. The highest BCUT2D eigenvalue weighted by molar-refractivity contribution is 5.98. The summed E-state index contributed by atoms with van der Waals surface area (Å²) in [7, 11) is 0. The number of ketones is 1. The van der Waals surface area contributed by atoms with E-state index in [0.717, 1.165) is 5.56 Å². The number of amides is 3. The van der Waals surface area contributed by atoms with Crippen molar-refractivity contribution < 1.29 is 28.3 Å². The summed E-state index contributed by atoms with van der Waals surface area (Å²) in [6.07, 6.45) is -0.960. The zero-order valence-corrected chi connectivity index (χ0v) is 22.1. The van der Waals surface area contributed by atoms with Gasteiger partial charge >= 0.3 is 6.09 Å². The van der Waals surface area contributed by atoms with Gasteiger partial charge < -0.3 is 19.9 Å². The molecule has 0 aromatic heterocycles. The summed E-state index contributed by atoms with van der Waals surface area (Å²) in [4.78, 5) is 56.1. The summed E-state index contributed by atoms with van der Waals surface area (Å²) >= 11 is 0. The van der Waals surface area contributed by atoms with Crippen molar-refractivity contribution in [3.63, 3.8) is 0 Å². The van der Waals surface area contributed by atoms with Gasteiger partial charge in [0.05, 0.1) is 31.0 Å². The summed E-state index contributed by atoms with van der Waals surface area (Å²) < 4.78 is 20.3. The van der Waals surface area contributed by atoms with Gasteiger partial charge in [-0.15, -0.1) is 0 Å². The molecule has 3 amide bonds. The van der Waals surface area contributed by atoms with Crippen molar-refractivity contribution in [1.29, 1.82) is 0 Å². The molecular formula is C27H30FN7O5. The van der Waals surface area contributed by atoms with Crippen LogP contribution >= 0.6 is 0 Å². The Hall–Kier alpha value is -4.64. The van der Waals surface area contributed by atoms with Crippen molar-refractivity contribution in [2.75, 3.05) is 49.1 Å². The summed E-state index contributed by atoms with van der Waals surface area (Å²) in [5.41, 5.74) is 10.4. The normalized spacial score (nSPS) is 16.8. The number of Topliss-reactive ketones (excluding diaryl/α,β-unsaturated/α-hetero) is 1. The third-order valence-electron chi connectivity index (χ3n) is 6.83. The predicted octanol–water partition coefficient (Wildman–Crippen LogP) is 3.41. The number of cyclic esters (lactones) is 1. The molecule has 13 heteroatoms. The molecule has 2 aliphatic heterocycles. The fraction of sp³-hybridized carbons (Fsp3) is 0.407. The number of benzene rings is 2. The van der Waals surface area contributed by atoms with E-state index in [2.05, 4.69) is 15.3 Å². The van der Waals surface area contributed by atoms with Gasteiger partial charge in [-0.25, -0.2) is 9.18 Å². The molecule has 1 atom stereocenters. The summed E-state index contributed by atoms with van der Waals surface area (Å²) in [6.45, 7) is 3.60. The number of hydrogen-bond acceptors (Lipinski definition) is 7. The lowest BCUT2D eigenvalue weighted by Crippen LogP contribution is -2.49. The maximum Gasteiger partial charge on any atom is 0.414 e. The van der Waals surface area contributed by atoms with Gasteiger partial charge in [-0.3, -0.25) is 19.3 Å². The largest absolute Gasteiger partial charge is 0.442 e. The summed E-state index contributed by atoms with van der Waals surface area (Å²) in [6, 6.07) is 11.3. The van der Waals surface area contributed by atoms with Crippen LogP contribution in [0, 0.1) is 5.82 Å². The van der Waals surface area contributed by atoms with E-state index in [1.54, 1.807) is 41.3 Å². The lowest BCUT2D eigenvalue weighted by Gasteiger charge is -2.36. The van der Waals surface area contributed by atoms with Crippen molar-refractivity contribution in [3.05, 3.63) is 69.9 Å². The number of halogens is 1. The van der Waals surface area contributed by atoms with Crippen LogP contribution in [0.15, 0.2) is 47.6 Å². The maximum atomic E-state index is 15.1. The molecule has 210 valence electrons. The highest BCUT2D eigenvalue weighted by Gasteiger charge is 2.33. The van der Waals surface area contributed by atoms with Gasteiger partial charge in [-0.05, 0) is 29.3 Å². The maximum absolute atomic E-state index is 15.1. The first-order chi connectivity index (χ1) is 19.2. The SMILES string of the molecule is CC(=O)NC[C@H]1CN(c2ccc(N3CCN(C(=O)CCC(=O)c4ccc(CN=[N+]=[N-])cc4)CC3)c(F)c2)C(=O)O1. The van der Waals surface area contributed by atoms with Crippen LogP contribution in [0.4, 0.5) is 20.6 Å². The summed E-state index contributed by atoms with van der Waals surface area (Å²) in [5.74, 6) is -1.00. The molecule has 1 N–H and O–H groups in total. The number of ether oxygens (including phenoxy) is 1. The van der Waals surface area contributed by atoms with E-state index in [4.69, 9.17) is 10.3 Å². The minimum Gasteiger partial charge on any atom is -0.442 e. The number of nitrogens with zero attached hydrogens (tertiary/aromatic N) is 6. The first kappa shape index (κ1) is 28.4. The van der Waals surface area contributed by atoms with E-state index in [0.29, 0.717) is 43.1 Å². The molecule has 2 aliphatic rings. The van der Waals surface area contributed by atoms with Gasteiger partial charge in [0.1, 0.15) is 11.9 Å². The number of carbonyl (C=O) groups is 4. The Kier molecular flexibility index (Phi) is 9.18. The Morgan fingerprint density at radius 3 is 2.48 bits per heavy atom. The molecule has 40 heavy (non-hydrogen) atoms. The third kappa shape index (κ3) is 7.06. The number of azide groups is 1. The molecule has 0 unspecified atom stereocenters. The molecule has 2 saturated heterocycles. The van der Waals surface area contributed by atoms with Crippen molar-refractivity contribution in [2.45, 2.75) is 32.4 Å². The second-order valence-electron chi connectivity index (χ2n) is 9.57. The average Bonchev–Trinajstić information content (AvgIpc) is 3.34. The first-order valence-electron chi connectivity index (χ1n) is 12.9. The Balaban J connectivity index is 1.25. The van der Waals surface area contributed by atoms with Crippen LogP contribution < -0.4 is 15.1 Å². The van der Waals surface area contributed by atoms with Crippen LogP contribution in [0.1, 0.15) is 35.7 Å². The molecule has 0 radical (unpaired) electrons. The number of carbonyl (C=O) groups excluding carboxylic acids is 4. The molecule has 0 bridgehead atoms. The van der Waals surface area contributed by atoms with Gasteiger partial charge in [0.25, 0.3) is 0 Å². The average molecular weight is 552 g/mol. The highest BCUT2D eigenvalue weighted by Crippen LogP contribution is 2.28. The molecule has 4 rings (SSSR count). The molecule has 2 heterocycles. The number of piperazine rings is 1. The van der Waals surface area contributed by atoms with E-state index >= 15 is 4.39 Å². The predicted molar refractivity (Wildman–Crippen MR) is 144 cm³/mol. The first-order valence-corrected chi connectivity index (χ1v) is 12.9. The zero-order valence-electron chi connectivity index (χ0n) is 22.1. The molecule has 0 spiro atoms. The van der Waals surface area contributed by atoms with Gasteiger partial charge in [0.2, 0.25) is 11.8 Å². The molecule has 0 saturated carbocycles. The quantitative estimate of drug-likeness (QED) is 0.207. The monoisotopic (exact) mass is 551 g/mol. The van der Waals surface area contributed by atoms with Crippen LogP contribution in [0.25, 0.3) is 10.4 Å². The van der Waals surface area contributed by atoms with Crippen molar-refractivity contribution in [3.8, 4) is 0 Å². The summed E-state index contributed by atoms with van der Waals surface area (Å²) in [5, 5.41) is 6.09. The molecule has 2 aromatic carbocycles. The molecule has 2 aromatic rings. The van der Waals surface area contributed by atoms with Gasteiger partial charge in [0, 0.05) is 56.4 Å². The Labute approximate surface area is 230 Å². The van der Waals surface area contributed by atoms with Crippen LogP contribution in [0.3, 0.4) is 0 Å². The molecule has 0 aliphatic carbocycles. The van der Waals surface area contributed by atoms with Gasteiger partial charge in [0.15, 0.2) is 5.78 Å². The molecule has 12 nitrogen and oxygen atoms in total. The van der Waals surface area contributed by atoms with E-state index in [1.165, 1.54) is 17.9 Å². The fourth-order valence-electron chi connectivity index (χ4n) is 4.65. The van der Waals surface area contributed by atoms with Crippen LogP contribution in [0.5, 0.6) is 0 Å². The highest BCUT2D eigenvalue weighted by atomic mass is 19.1. The van der Waals surface area contributed by atoms with Gasteiger partial charge in [-0.1, -0.05) is 29.4 Å². The van der Waals surface area contributed by atoms with E-state index in [9.17, 15) is 19.2 Å². The van der Waals surface area contributed by atoms with E-state index in [1.807, 2.05) is 4.90 Å². The number of anilines is 2. The van der Waals surface area contributed by atoms with Gasteiger partial charge in [-0.2, -0.15) is 0 Å². The van der Waals surface area contributed by atoms with Crippen LogP contribution in [-0.4, -0.2) is 74.0 Å². The molecule has 2 fully saturated rings. The zero-order chi connectivity index (χ0) is 28.6. The lowest BCUT2D eigenvalue weighted by atomic mass is 10.0. The topological polar surface area (TPSA) is 148 Å². The Bertz CT molecular complexity index is 1320. The van der Waals surface area contributed by atoms with E-state index in [-0.39, 0.29) is 50.1 Å². The number of rotatable bonds is 10. The second-order valence-corrected chi connectivity index (χ2v) is 9.57. The number of nitrogens with one attached hydrogen (secondary N) is 1.